The van der Waals surface area contributed by atoms with E-state index >= 15 is 0 Å². The van der Waals surface area contributed by atoms with E-state index in [4.69, 9.17) is 13.7 Å². The maximum Gasteiger partial charge on any atom is 0.295 e. The van der Waals surface area contributed by atoms with E-state index in [9.17, 15) is 14.7 Å². The third-order valence-corrected chi connectivity index (χ3v) is 5.24. The monoisotopic (exact) mass is 436 g/mol. The van der Waals surface area contributed by atoms with Gasteiger partial charge in [0.2, 0.25) is 5.78 Å². The third kappa shape index (κ3) is 3.91. The summed E-state index contributed by atoms with van der Waals surface area (Å²) in [6.45, 7) is 6.09. The predicted molar refractivity (Wildman–Crippen MR) is 116 cm³/mol. The maximum atomic E-state index is 13.3. The highest BCUT2D eigenvalue weighted by Crippen LogP contribution is 2.42. The Morgan fingerprint density at radius 2 is 1.91 bits per heavy atom. The van der Waals surface area contributed by atoms with Crippen molar-refractivity contribution in [2.75, 3.05) is 11.5 Å². The van der Waals surface area contributed by atoms with Crippen molar-refractivity contribution < 1.29 is 28.4 Å². The van der Waals surface area contributed by atoms with Crippen LogP contribution in [0.1, 0.15) is 53.4 Å². The molecule has 1 aliphatic rings. The Hall–Kier alpha value is -3.81. The van der Waals surface area contributed by atoms with Crippen LogP contribution in [0.5, 0.6) is 5.75 Å². The molecule has 0 spiro atoms. The van der Waals surface area contributed by atoms with Crippen LogP contribution in [-0.2, 0) is 4.79 Å². The maximum absolute atomic E-state index is 13.3. The number of Topliss-reactive ketones (excluding diaryl/α,β-unsaturated/α-hetero) is 1. The van der Waals surface area contributed by atoms with Gasteiger partial charge in [-0.05, 0) is 50.1 Å². The molecule has 1 N–H and O–H groups in total. The number of aryl methyl sites for hydroxylation is 2. The van der Waals surface area contributed by atoms with Crippen LogP contribution < -0.4 is 9.64 Å². The molecule has 0 radical (unpaired) electrons. The average Bonchev–Trinajstić information content (AvgIpc) is 3.47. The van der Waals surface area contributed by atoms with Gasteiger partial charge in [0.25, 0.3) is 5.91 Å². The molecule has 0 aliphatic carbocycles. The van der Waals surface area contributed by atoms with Gasteiger partial charge < -0.3 is 18.8 Å². The zero-order chi connectivity index (χ0) is 22.8. The molecule has 1 amide bonds. The summed E-state index contributed by atoms with van der Waals surface area (Å²) in [5.74, 6) is 0.0125. The van der Waals surface area contributed by atoms with E-state index in [1.807, 2.05) is 0 Å². The zero-order valence-corrected chi connectivity index (χ0v) is 18.1. The highest BCUT2D eigenvalue weighted by atomic mass is 16.5. The number of amides is 1. The molecule has 1 atom stereocenters. The largest absolute Gasteiger partial charge is 0.503 e. The van der Waals surface area contributed by atoms with Gasteiger partial charge >= 0.3 is 0 Å². The Morgan fingerprint density at radius 3 is 2.50 bits per heavy atom. The minimum atomic E-state index is -0.908. The molecule has 8 heteroatoms. The van der Waals surface area contributed by atoms with Crippen LogP contribution in [0.25, 0.3) is 0 Å². The second-order valence-corrected chi connectivity index (χ2v) is 7.65. The summed E-state index contributed by atoms with van der Waals surface area (Å²) in [5, 5.41) is 14.6. The average molecular weight is 436 g/mol. The van der Waals surface area contributed by atoms with Crippen molar-refractivity contribution in [2.45, 2.75) is 39.7 Å². The highest BCUT2D eigenvalue weighted by Gasteiger charge is 2.46. The van der Waals surface area contributed by atoms with Crippen molar-refractivity contribution >= 4 is 17.5 Å². The quantitative estimate of drug-likeness (QED) is 0.397. The van der Waals surface area contributed by atoms with Crippen molar-refractivity contribution in [1.29, 1.82) is 0 Å². The lowest BCUT2D eigenvalue weighted by molar-refractivity contribution is -0.117. The lowest BCUT2D eigenvalue weighted by Crippen LogP contribution is -2.31. The van der Waals surface area contributed by atoms with E-state index < -0.39 is 23.5 Å². The fraction of sp³-hybridized carbons (Fsp3) is 0.292. The lowest BCUT2D eigenvalue weighted by atomic mass is 9.95. The molecule has 3 heterocycles. The minimum absolute atomic E-state index is 0.0413. The normalized spacial score (nSPS) is 16.2. The number of unbranched alkanes of at least 4 members (excludes halogenated alkanes) is 1. The van der Waals surface area contributed by atoms with E-state index in [2.05, 4.69) is 12.1 Å². The molecule has 32 heavy (non-hydrogen) atoms. The minimum Gasteiger partial charge on any atom is -0.503 e. The summed E-state index contributed by atoms with van der Waals surface area (Å²) in [4.78, 5) is 27.5. The fourth-order valence-corrected chi connectivity index (χ4v) is 3.63. The fourth-order valence-electron chi connectivity index (χ4n) is 3.63. The smallest absolute Gasteiger partial charge is 0.295 e. The molecular weight excluding hydrogens is 412 g/mol. The van der Waals surface area contributed by atoms with Gasteiger partial charge in [0.05, 0.1) is 18.2 Å². The van der Waals surface area contributed by atoms with E-state index in [-0.39, 0.29) is 17.2 Å². The molecule has 0 saturated carbocycles. The first-order chi connectivity index (χ1) is 15.4. The first-order valence-corrected chi connectivity index (χ1v) is 10.4. The van der Waals surface area contributed by atoms with E-state index in [0.29, 0.717) is 29.4 Å². The van der Waals surface area contributed by atoms with Crippen LogP contribution in [0.4, 0.5) is 5.82 Å². The topological polar surface area (TPSA) is 106 Å². The molecular formula is C24H24N2O6. The summed E-state index contributed by atoms with van der Waals surface area (Å²) < 4.78 is 16.3. The van der Waals surface area contributed by atoms with Gasteiger partial charge in [0.15, 0.2) is 17.3 Å². The van der Waals surface area contributed by atoms with Gasteiger partial charge in [-0.15, -0.1) is 0 Å². The lowest BCUT2D eigenvalue weighted by Gasteiger charge is -2.24. The molecule has 0 bridgehead atoms. The van der Waals surface area contributed by atoms with Crippen LogP contribution in [0.2, 0.25) is 0 Å². The van der Waals surface area contributed by atoms with E-state index in [1.54, 1.807) is 50.2 Å². The highest BCUT2D eigenvalue weighted by molar-refractivity contribution is 6.19. The Kier molecular flexibility index (Phi) is 5.85. The molecule has 0 saturated heterocycles. The van der Waals surface area contributed by atoms with Gasteiger partial charge in [-0.1, -0.05) is 30.6 Å². The molecule has 0 fully saturated rings. The number of ketones is 1. The van der Waals surface area contributed by atoms with Crippen molar-refractivity contribution in [3.05, 3.63) is 76.6 Å². The first-order valence-electron chi connectivity index (χ1n) is 10.4. The number of rotatable bonds is 8. The second-order valence-electron chi connectivity index (χ2n) is 7.65. The summed E-state index contributed by atoms with van der Waals surface area (Å²) >= 11 is 0. The van der Waals surface area contributed by atoms with Crippen LogP contribution >= 0.6 is 0 Å². The van der Waals surface area contributed by atoms with Gasteiger partial charge in [-0.3, -0.25) is 14.5 Å². The number of carbonyl (C=O) groups excluding carboxylic acids is 2. The van der Waals surface area contributed by atoms with Crippen LogP contribution in [-0.4, -0.2) is 28.6 Å². The number of hydrogen-bond donors (Lipinski definition) is 1. The number of ether oxygens (including phenoxy) is 1. The number of nitrogens with zero attached hydrogens (tertiary/aromatic N) is 2. The van der Waals surface area contributed by atoms with Crippen molar-refractivity contribution in [1.82, 2.24) is 5.16 Å². The van der Waals surface area contributed by atoms with E-state index in [1.165, 1.54) is 11.0 Å². The first kappa shape index (κ1) is 21.4. The van der Waals surface area contributed by atoms with Gasteiger partial charge in [-0.2, -0.15) is 0 Å². The number of aromatic nitrogens is 1. The molecule has 1 aliphatic heterocycles. The number of aliphatic hydroxyl groups excluding tert-OH is 1. The van der Waals surface area contributed by atoms with Crippen molar-refractivity contribution in [3.8, 4) is 5.75 Å². The van der Waals surface area contributed by atoms with Crippen LogP contribution in [0, 0.1) is 13.8 Å². The Labute approximate surface area is 185 Å². The second kappa shape index (κ2) is 8.74. The molecule has 2 aromatic heterocycles. The number of carbonyl (C=O) groups is 2. The van der Waals surface area contributed by atoms with Crippen LogP contribution in [0.3, 0.4) is 0 Å². The van der Waals surface area contributed by atoms with Crippen molar-refractivity contribution in [3.63, 3.8) is 0 Å². The van der Waals surface area contributed by atoms with Gasteiger partial charge in [-0.25, -0.2) is 0 Å². The summed E-state index contributed by atoms with van der Waals surface area (Å²) in [5.41, 5.74) is 0.530. The molecule has 1 aromatic carbocycles. The van der Waals surface area contributed by atoms with Crippen LogP contribution in [0.15, 0.2) is 62.7 Å². The van der Waals surface area contributed by atoms with Crippen molar-refractivity contribution in [2.24, 2.45) is 0 Å². The standard InChI is InChI=1S/C24H24N2O6/c1-4-5-12-30-17-9-7-16(8-10-17)21-20(22(27)18-11-6-14(2)31-18)23(28)24(29)26(21)19-13-15(3)32-25-19/h6-11,13,21,28H,4-5,12H2,1-3H3. The number of benzene rings is 1. The number of hydrogen-bond acceptors (Lipinski definition) is 7. The Morgan fingerprint density at radius 1 is 1.16 bits per heavy atom. The summed E-state index contributed by atoms with van der Waals surface area (Å²) in [6.07, 6.45) is 1.96. The third-order valence-electron chi connectivity index (χ3n) is 5.24. The Bertz CT molecular complexity index is 1170. The number of anilines is 1. The number of furan rings is 1. The number of aliphatic hydroxyl groups is 1. The Balaban J connectivity index is 1.75. The predicted octanol–water partition coefficient (Wildman–Crippen LogP) is 4.85. The SMILES string of the molecule is CCCCOc1ccc(C2C(C(=O)c3ccc(C)o3)=C(O)C(=O)N2c2cc(C)on2)cc1. The molecule has 1 unspecified atom stereocenters. The molecule has 4 rings (SSSR count). The molecule has 3 aromatic rings. The molecule has 8 nitrogen and oxygen atoms in total. The van der Waals surface area contributed by atoms with Gasteiger partial charge in [0.1, 0.15) is 17.3 Å². The van der Waals surface area contributed by atoms with Gasteiger partial charge in [0, 0.05) is 6.07 Å². The zero-order valence-electron chi connectivity index (χ0n) is 18.1. The van der Waals surface area contributed by atoms with E-state index in [0.717, 1.165) is 12.8 Å². The molecule has 166 valence electrons. The summed E-state index contributed by atoms with van der Waals surface area (Å²) in [7, 11) is 0. The summed E-state index contributed by atoms with van der Waals surface area (Å²) in [6, 6.07) is 10.9.